The smallest absolute Gasteiger partial charge is 0.305 e. The molecular formula is C27H42O5. The number of hydrogen-bond acceptors (Lipinski definition) is 5. The zero-order valence-corrected chi connectivity index (χ0v) is 20.7. The number of fused-ring (bicyclic) bond motifs is 5. The maximum absolute atomic E-state index is 12.2. The highest BCUT2D eigenvalue weighted by Gasteiger charge is 2.64. The molecule has 0 heterocycles. The molecule has 4 aliphatic rings. The minimum absolute atomic E-state index is 0.0456. The first-order valence-electron chi connectivity index (χ1n) is 12.9. The van der Waals surface area contributed by atoms with Crippen molar-refractivity contribution < 1.29 is 23.9 Å². The van der Waals surface area contributed by atoms with Gasteiger partial charge in [-0.2, -0.15) is 0 Å². The predicted octanol–water partition coefficient (Wildman–Crippen LogP) is 5.35. The fraction of sp³-hybridized carbons (Fsp3) is 0.889. The van der Waals surface area contributed by atoms with Gasteiger partial charge in [0.15, 0.2) is 0 Å². The van der Waals surface area contributed by atoms with Crippen molar-refractivity contribution in [1.29, 1.82) is 0 Å². The summed E-state index contributed by atoms with van der Waals surface area (Å²) in [6, 6.07) is 0. The Hall–Kier alpha value is -1.39. The van der Waals surface area contributed by atoms with Crippen LogP contribution in [0, 0.1) is 46.3 Å². The van der Waals surface area contributed by atoms with Crippen molar-refractivity contribution in [2.45, 2.75) is 98.0 Å². The molecule has 0 saturated heterocycles. The lowest BCUT2D eigenvalue weighted by Crippen LogP contribution is -2.59. The molecule has 0 N–H and O–H groups in total. The van der Waals surface area contributed by atoms with Crippen LogP contribution in [0.2, 0.25) is 0 Å². The number of carbonyl (C=O) groups is 3. The zero-order valence-electron chi connectivity index (χ0n) is 20.7. The first kappa shape index (κ1) is 23.8. The van der Waals surface area contributed by atoms with E-state index in [9.17, 15) is 14.4 Å². The molecule has 0 aromatic heterocycles. The summed E-state index contributed by atoms with van der Waals surface area (Å²) >= 11 is 0. The van der Waals surface area contributed by atoms with Crippen molar-refractivity contribution in [3.8, 4) is 0 Å². The quantitative estimate of drug-likeness (QED) is 0.533. The third-order valence-electron chi connectivity index (χ3n) is 10.7. The molecule has 4 saturated carbocycles. The zero-order chi connectivity index (χ0) is 23.3. The molecule has 0 spiro atoms. The predicted molar refractivity (Wildman–Crippen MR) is 122 cm³/mol. The monoisotopic (exact) mass is 446 g/mol. The molecular weight excluding hydrogens is 404 g/mol. The van der Waals surface area contributed by atoms with E-state index in [0.717, 1.165) is 38.5 Å². The van der Waals surface area contributed by atoms with E-state index < -0.39 is 0 Å². The molecule has 180 valence electrons. The number of rotatable bonds is 5. The van der Waals surface area contributed by atoms with Gasteiger partial charge in [0, 0.05) is 31.6 Å². The molecule has 0 amide bonds. The molecule has 0 aromatic carbocycles. The highest BCUT2D eigenvalue weighted by Crippen LogP contribution is 2.68. The van der Waals surface area contributed by atoms with Crippen LogP contribution >= 0.6 is 0 Å². The molecule has 0 aromatic rings. The Balaban J connectivity index is 1.62. The van der Waals surface area contributed by atoms with E-state index in [0.29, 0.717) is 54.1 Å². The Labute approximate surface area is 193 Å². The van der Waals surface area contributed by atoms with Crippen LogP contribution in [0.3, 0.4) is 0 Å². The van der Waals surface area contributed by atoms with Gasteiger partial charge in [-0.15, -0.1) is 0 Å². The normalized spacial score (nSPS) is 44.1. The van der Waals surface area contributed by atoms with Gasteiger partial charge < -0.3 is 9.47 Å². The summed E-state index contributed by atoms with van der Waals surface area (Å²) in [6.07, 6.45) is 9.27. The van der Waals surface area contributed by atoms with Gasteiger partial charge in [0.25, 0.3) is 0 Å². The number of ether oxygens (including phenoxy) is 2. The minimum Gasteiger partial charge on any atom is -0.469 e. The maximum Gasteiger partial charge on any atom is 0.305 e. The third-order valence-corrected chi connectivity index (χ3v) is 10.7. The molecule has 7 unspecified atom stereocenters. The van der Waals surface area contributed by atoms with Crippen molar-refractivity contribution in [3.05, 3.63) is 0 Å². The van der Waals surface area contributed by atoms with Gasteiger partial charge in [0.1, 0.15) is 11.9 Å². The molecule has 5 nitrogen and oxygen atoms in total. The van der Waals surface area contributed by atoms with E-state index in [1.807, 2.05) is 0 Å². The molecule has 0 bridgehead atoms. The Kier molecular flexibility index (Phi) is 6.50. The topological polar surface area (TPSA) is 69.7 Å². The van der Waals surface area contributed by atoms with Gasteiger partial charge in [0.2, 0.25) is 0 Å². The molecule has 0 radical (unpaired) electrons. The Bertz CT molecular complexity index is 761. The van der Waals surface area contributed by atoms with Crippen LogP contribution in [0.4, 0.5) is 0 Å². The van der Waals surface area contributed by atoms with Crippen molar-refractivity contribution in [3.63, 3.8) is 0 Å². The van der Waals surface area contributed by atoms with Crippen molar-refractivity contribution in [2.75, 3.05) is 7.11 Å². The maximum atomic E-state index is 12.2. The van der Waals surface area contributed by atoms with Crippen LogP contribution < -0.4 is 0 Å². The summed E-state index contributed by atoms with van der Waals surface area (Å²) in [5.74, 6) is 3.16. The standard InChI is InChI=1S/C27H42O5/c1-16(6-11-25(30)31-5)21-9-10-22-20-8-7-18-14-19(29)12-13-26(18,3)23(20)15-24(27(21,22)4)32-17(2)28/h16,18,20-24H,6-15H2,1-5H3/t16?,18-,20?,21?,22?,23?,24-,26?,27?/m1/s1. The van der Waals surface area contributed by atoms with Gasteiger partial charge in [-0.25, -0.2) is 0 Å². The number of esters is 2. The molecule has 9 atom stereocenters. The van der Waals surface area contributed by atoms with Crippen molar-refractivity contribution >= 4 is 17.7 Å². The number of carbonyl (C=O) groups excluding carboxylic acids is 3. The molecule has 32 heavy (non-hydrogen) atoms. The number of ketones is 1. The molecule has 5 heteroatoms. The fourth-order valence-electron chi connectivity index (χ4n) is 8.97. The van der Waals surface area contributed by atoms with E-state index in [4.69, 9.17) is 9.47 Å². The second-order valence-electron chi connectivity index (χ2n) is 11.9. The van der Waals surface area contributed by atoms with Gasteiger partial charge in [-0.1, -0.05) is 20.8 Å². The van der Waals surface area contributed by atoms with Gasteiger partial charge >= 0.3 is 11.9 Å². The van der Waals surface area contributed by atoms with Crippen LogP contribution in [0.25, 0.3) is 0 Å². The summed E-state index contributed by atoms with van der Waals surface area (Å²) in [4.78, 5) is 36.2. The SMILES string of the molecule is COC(=O)CCC(C)C1CCC2C3CC[C@@H]4CC(=O)CCC4(C)C3C[C@@H](OC(C)=O)C12C. The summed E-state index contributed by atoms with van der Waals surface area (Å²) in [5, 5.41) is 0. The molecule has 0 aliphatic heterocycles. The van der Waals surface area contributed by atoms with Gasteiger partial charge in [-0.3, -0.25) is 14.4 Å². The molecule has 4 fully saturated rings. The third kappa shape index (κ3) is 3.81. The average Bonchev–Trinajstić information content (AvgIpc) is 3.11. The second kappa shape index (κ2) is 8.76. The van der Waals surface area contributed by atoms with E-state index >= 15 is 0 Å². The van der Waals surface area contributed by atoms with E-state index in [1.165, 1.54) is 20.0 Å². The Morgan fingerprint density at radius 1 is 1.12 bits per heavy atom. The molecule has 4 rings (SSSR count). The first-order valence-corrected chi connectivity index (χ1v) is 12.9. The summed E-state index contributed by atoms with van der Waals surface area (Å²) < 4.78 is 11.0. The van der Waals surface area contributed by atoms with Crippen LogP contribution in [-0.2, 0) is 23.9 Å². The number of Topliss-reactive ketones (excluding diaryl/α,β-unsaturated/α-hetero) is 1. The molecule has 4 aliphatic carbocycles. The number of methoxy groups -OCH3 is 1. The van der Waals surface area contributed by atoms with E-state index in [2.05, 4.69) is 20.8 Å². The van der Waals surface area contributed by atoms with Gasteiger partial charge in [0.05, 0.1) is 7.11 Å². The second-order valence-corrected chi connectivity index (χ2v) is 11.9. The highest BCUT2D eigenvalue weighted by molar-refractivity contribution is 5.79. The fourth-order valence-corrected chi connectivity index (χ4v) is 8.97. The van der Waals surface area contributed by atoms with Crippen LogP contribution in [0.1, 0.15) is 91.9 Å². The Morgan fingerprint density at radius 2 is 1.88 bits per heavy atom. The Morgan fingerprint density at radius 3 is 2.56 bits per heavy atom. The van der Waals surface area contributed by atoms with Crippen LogP contribution in [0.15, 0.2) is 0 Å². The van der Waals surface area contributed by atoms with Crippen LogP contribution in [0.5, 0.6) is 0 Å². The van der Waals surface area contributed by atoms with E-state index in [-0.39, 0.29) is 28.9 Å². The number of hydrogen-bond donors (Lipinski definition) is 0. The van der Waals surface area contributed by atoms with Crippen molar-refractivity contribution in [1.82, 2.24) is 0 Å². The van der Waals surface area contributed by atoms with Crippen molar-refractivity contribution in [2.24, 2.45) is 46.3 Å². The van der Waals surface area contributed by atoms with Crippen LogP contribution in [-0.4, -0.2) is 30.9 Å². The van der Waals surface area contributed by atoms with E-state index in [1.54, 1.807) is 6.92 Å². The first-order chi connectivity index (χ1) is 15.1. The minimum atomic E-state index is -0.183. The lowest BCUT2D eigenvalue weighted by atomic mass is 9.43. The lowest BCUT2D eigenvalue weighted by Gasteiger charge is -2.62. The largest absolute Gasteiger partial charge is 0.469 e. The average molecular weight is 447 g/mol. The summed E-state index contributed by atoms with van der Waals surface area (Å²) in [7, 11) is 1.45. The summed E-state index contributed by atoms with van der Waals surface area (Å²) in [6.45, 7) is 8.62. The lowest BCUT2D eigenvalue weighted by molar-refractivity contribution is -0.193. The van der Waals surface area contributed by atoms with Gasteiger partial charge in [-0.05, 0) is 85.9 Å². The highest BCUT2D eigenvalue weighted by atomic mass is 16.5. The summed E-state index contributed by atoms with van der Waals surface area (Å²) in [5.41, 5.74) is 0.140.